The number of hydrogen-bond acceptors (Lipinski definition) is 1. The van der Waals surface area contributed by atoms with E-state index in [1.165, 1.54) is 18.2 Å². The second-order valence-electron chi connectivity index (χ2n) is 3.17. The number of thiocarbonyl (C=S) groups is 1. The second-order valence-corrected chi connectivity index (χ2v) is 3.58. The summed E-state index contributed by atoms with van der Waals surface area (Å²) in [4.78, 5) is 0. The highest BCUT2D eigenvalue weighted by atomic mass is 32.1. The van der Waals surface area contributed by atoms with Crippen LogP contribution < -0.4 is 10.6 Å². The molecule has 2 nitrogen and oxygen atoms in total. The average molecular weight is 260 g/mol. The van der Waals surface area contributed by atoms with Crippen molar-refractivity contribution >= 4 is 23.0 Å². The Kier molecular flexibility index (Phi) is 4.51. The molecule has 6 heteroatoms. The molecule has 0 amide bonds. The number of rotatable bonds is 3. The summed E-state index contributed by atoms with van der Waals surface area (Å²) >= 11 is 4.85. The van der Waals surface area contributed by atoms with Gasteiger partial charge in [0.15, 0.2) is 5.11 Å². The molecule has 0 saturated carbocycles. The lowest BCUT2D eigenvalue weighted by molar-refractivity contribution is -0.136. The van der Waals surface area contributed by atoms with Gasteiger partial charge in [-0.25, -0.2) is 0 Å². The number of hydrogen-bond donors (Lipinski definition) is 2. The molecule has 0 aromatic heterocycles. The van der Waals surface area contributed by atoms with E-state index in [0.717, 1.165) is 6.07 Å². The van der Waals surface area contributed by atoms with Crippen LogP contribution in [-0.2, 0) is 6.18 Å². The fraction of sp³-hybridized carbons (Fsp3) is 0.182. The quantitative estimate of drug-likeness (QED) is 0.644. The van der Waals surface area contributed by atoms with Gasteiger partial charge in [-0.2, -0.15) is 13.2 Å². The van der Waals surface area contributed by atoms with Gasteiger partial charge in [0.2, 0.25) is 0 Å². The summed E-state index contributed by atoms with van der Waals surface area (Å²) in [7, 11) is 0. The zero-order valence-electron chi connectivity index (χ0n) is 8.84. The Bertz CT molecular complexity index is 415. The summed E-state index contributed by atoms with van der Waals surface area (Å²) < 4.78 is 37.9. The number of anilines is 1. The predicted octanol–water partition coefficient (Wildman–Crippen LogP) is 3.18. The molecular formula is C11H11F3N2S. The van der Waals surface area contributed by atoms with E-state index in [0.29, 0.717) is 6.54 Å². The van der Waals surface area contributed by atoms with Gasteiger partial charge >= 0.3 is 6.18 Å². The van der Waals surface area contributed by atoms with Gasteiger partial charge in [-0.05, 0) is 24.4 Å². The van der Waals surface area contributed by atoms with E-state index in [-0.39, 0.29) is 10.8 Å². The van der Waals surface area contributed by atoms with E-state index in [1.54, 1.807) is 6.08 Å². The van der Waals surface area contributed by atoms with Crippen LogP contribution in [0.3, 0.4) is 0 Å². The molecule has 0 unspecified atom stereocenters. The number of para-hydroxylation sites is 1. The molecule has 0 atom stereocenters. The lowest BCUT2D eigenvalue weighted by atomic mass is 10.2. The fourth-order valence-corrected chi connectivity index (χ4v) is 1.36. The monoisotopic (exact) mass is 260 g/mol. The largest absolute Gasteiger partial charge is 0.418 e. The summed E-state index contributed by atoms with van der Waals surface area (Å²) in [6.07, 6.45) is -2.85. The Balaban J connectivity index is 2.84. The molecule has 1 aromatic carbocycles. The first-order valence-corrected chi connectivity index (χ1v) is 5.18. The third-order valence-electron chi connectivity index (χ3n) is 1.89. The zero-order chi connectivity index (χ0) is 12.9. The normalized spacial score (nSPS) is 10.8. The van der Waals surface area contributed by atoms with Crippen molar-refractivity contribution in [3.05, 3.63) is 42.5 Å². The van der Waals surface area contributed by atoms with Crippen molar-refractivity contribution < 1.29 is 13.2 Å². The fourth-order valence-electron chi connectivity index (χ4n) is 1.17. The molecule has 0 saturated heterocycles. The highest BCUT2D eigenvalue weighted by Gasteiger charge is 2.33. The summed E-state index contributed by atoms with van der Waals surface area (Å²) in [5.74, 6) is 0. The third-order valence-corrected chi connectivity index (χ3v) is 2.13. The van der Waals surface area contributed by atoms with Crippen LogP contribution in [0.4, 0.5) is 18.9 Å². The topological polar surface area (TPSA) is 24.1 Å². The van der Waals surface area contributed by atoms with Crippen molar-refractivity contribution in [2.75, 3.05) is 11.9 Å². The van der Waals surface area contributed by atoms with Crippen LogP contribution in [0.5, 0.6) is 0 Å². The van der Waals surface area contributed by atoms with Crippen LogP contribution in [-0.4, -0.2) is 11.7 Å². The predicted molar refractivity (Wildman–Crippen MR) is 65.9 cm³/mol. The van der Waals surface area contributed by atoms with E-state index >= 15 is 0 Å². The number of halogens is 3. The Morgan fingerprint density at radius 3 is 2.59 bits per heavy atom. The molecule has 1 aromatic rings. The van der Waals surface area contributed by atoms with Gasteiger partial charge in [-0.1, -0.05) is 18.2 Å². The van der Waals surface area contributed by atoms with Crippen molar-refractivity contribution in [1.82, 2.24) is 5.32 Å². The van der Waals surface area contributed by atoms with E-state index in [1.807, 2.05) is 0 Å². The summed E-state index contributed by atoms with van der Waals surface area (Å²) in [6, 6.07) is 5.16. The molecule has 0 heterocycles. The second kappa shape index (κ2) is 5.67. The number of benzene rings is 1. The third kappa shape index (κ3) is 4.07. The van der Waals surface area contributed by atoms with Gasteiger partial charge in [0.25, 0.3) is 0 Å². The van der Waals surface area contributed by atoms with Crippen molar-refractivity contribution in [3.63, 3.8) is 0 Å². The Morgan fingerprint density at radius 1 is 1.35 bits per heavy atom. The van der Waals surface area contributed by atoms with Crippen molar-refractivity contribution in [3.8, 4) is 0 Å². The first-order valence-electron chi connectivity index (χ1n) is 4.77. The van der Waals surface area contributed by atoms with Crippen LogP contribution in [0.2, 0.25) is 0 Å². The lowest BCUT2D eigenvalue weighted by Crippen LogP contribution is -2.29. The summed E-state index contributed by atoms with van der Waals surface area (Å²) in [6.45, 7) is 3.86. The van der Waals surface area contributed by atoms with Crippen LogP contribution in [0.25, 0.3) is 0 Å². The van der Waals surface area contributed by atoms with Crippen LogP contribution in [0, 0.1) is 0 Å². The molecule has 0 bridgehead atoms. The van der Waals surface area contributed by atoms with Crippen LogP contribution >= 0.6 is 12.2 Å². The minimum atomic E-state index is -4.41. The molecule has 0 spiro atoms. The highest BCUT2D eigenvalue weighted by molar-refractivity contribution is 7.80. The molecule has 17 heavy (non-hydrogen) atoms. The molecule has 0 aliphatic rings. The highest BCUT2D eigenvalue weighted by Crippen LogP contribution is 2.34. The standard InChI is InChI=1S/C11H11F3N2S/c1-2-7-15-10(17)16-9-6-4-3-5-8(9)11(12,13)14/h2-6H,1,7H2,(H2,15,16,17). The Labute approximate surface area is 103 Å². The summed E-state index contributed by atoms with van der Waals surface area (Å²) in [5, 5.41) is 5.33. The van der Waals surface area contributed by atoms with Gasteiger partial charge in [-0.15, -0.1) is 6.58 Å². The molecule has 0 fully saturated rings. The van der Waals surface area contributed by atoms with Gasteiger partial charge < -0.3 is 10.6 Å². The zero-order valence-corrected chi connectivity index (χ0v) is 9.66. The van der Waals surface area contributed by atoms with E-state index in [2.05, 4.69) is 17.2 Å². The Morgan fingerprint density at radius 2 is 2.00 bits per heavy atom. The number of alkyl halides is 3. The minimum Gasteiger partial charge on any atom is -0.359 e. The first-order chi connectivity index (χ1) is 7.95. The minimum absolute atomic E-state index is 0.0680. The van der Waals surface area contributed by atoms with E-state index < -0.39 is 11.7 Å². The number of nitrogens with one attached hydrogen (secondary N) is 2. The average Bonchev–Trinajstić information content (AvgIpc) is 2.25. The Hall–Kier alpha value is -1.56. The molecule has 92 valence electrons. The van der Waals surface area contributed by atoms with Gasteiger partial charge in [0.1, 0.15) is 0 Å². The van der Waals surface area contributed by atoms with Crippen molar-refractivity contribution in [1.29, 1.82) is 0 Å². The van der Waals surface area contributed by atoms with Gasteiger partial charge in [-0.3, -0.25) is 0 Å². The maximum atomic E-state index is 12.6. The molecule has 2 N–H and O–H groups in total. The summed E-state index contributed by atoms with van der Waals surface area (Å²) in [5.41, 5.74) is -0.815. The first kappa shape index (κ1) is 13.5. The maximum absolute atomic E-state index is 12.6. The van der Waals surface area contributed by atoms with E-state index in [9.17, 15) is 13.2 Å². The molecule has 0 aliphatic carbocycles. The molecule has 1 rings (SSSR count). The van der Waals surface area contributed by atoms with Crippen molar-refractivity contribution in [2.24, 2.45) is 0 Å². The SMILES string of the molecule is C=CCNC(=S)Nc1ccccc1C(F)(F)F. The van der Waals surface area contributed by atoms with Crippen LogP contribution in [0.15, 0.2) is 36.9 Å². The van der Waals surface area contributed by atoms with Gasteiger partial charge in [0, 0.05) is 6.54 Å². The van der Waals surface area contributed by atoms with Gasteiger partial charge in [0.05, 0.1) is 11.3 Å². The van der Waals surface area contributed by atoms with E-state index in [4.69, 9.17) is 12.2 Å². The molecule has 0 aliphatic heterocycles. The lowest BCUT2D eigenvalue weighted by Gasteiger charge is -2.15. The van der Waals surface area contributed by atoms with Crippen LogP contribution in [0.1, 0.15) is 5.56 Å². The smallest absolute Gasteiger partial charge is 0.359 e. The maximum Gasteiger partial charge on any atom is 0.418 e. The molecular weight excluding hydrogens is 249 g/mol. The molecule has 0 radical (unpaired) electrons. The van der Waals surface area contributed by atoms with Crippen molar-refractivity contribution in [2.45, 2.75) is 6.18 Å².